The van der Waals surface area contributed by atoms with Crippen molar-refractivity contribution in [1.29, 1.82) is 0 Å². The number of nitrogens with zero attached hydrogens (tertiary/aromatic N) is 1. The zero-order valence-electron chi connectivity index (χ0n) is 14.7. The molecule has 1 aliphatic rings. The quantitative estimate of drug-likeness (QED) is 0.392. The van der Waals surface area contributed by atoms with E-state index < -0.39 is 11.9 Å². The first-order chi connectivity index (χ1) is 13.7. The fourth-order valence-electron chi connectivity index (χ4n) is 2.69. The van der Waals surface area contributed by atoms with Crippen molar-refractivity contribution in [3.05, 3.63) is 107 Å². The van der Waals surface area contributed by atoms with E-state index in [1.165, 1.54) is 0 Å². The molecule has 0 saturated carbocycles. The number of para-hydroxylation sites is 1. The minimum atomic E-state index is -0.553. The van der Waals surface area contributed by atoms with Crippen LogP contribution in [0.5, 0.6) is 5.75 Å². The van der Waals surface area contributed by atoms with Crippen LogP contribution in [0.4, 0.5) is 0 Å². The van der Waals surface area contributed by atoms with E-state index in [0.717, 1.165) is 0 Å². The maximum Gasteiger partial charge on any atom is 0.363 e. The first-order valence-electron chi connectivity index (χ1n) is 8.65. The van der Waals surface area contributed by atoms with E-state index in [0.29, 0.717) is 22.4 Å². The van der Waals surface area contributed by atoms with E-state index in [4.69, 9.17) is 9.47 Å². The van der Waals surface area contributed by atoms with Gasteiger partial charge in [-0.3, -0.25) is 0 Å². The number of hydrogen-bond donors (Lipinski definition) is 0. The van der Waals surface area contributed by atoms with Gasteiger partial charge in [0.15, 0.2) is 5.70 Å². The normalized spacial score (nSPS) is 14.5. The highest BCUT2D eigenvalue weighted by Gasteiger charge is 2.24. The molecule has 0 N–H and O–H groups in total. The lowest BCUT2D eigenvalue weighted by atomic mass is 10.1. The van der Waals surface area contributed by atoms with E-state index in [2.05, 4.69) is 4.99 Å². The Morgan fingerprint density at radius 3 is 2.25 bits per heavy atom. The maximum atomic E-state index is 12.3. The molecule has 28 heavy (non-hydrogen) atoms. The molecule has 0 amide bonds. The second kappa shape index (κ2) is 7.72. The number of carbonyl (C=O) groups is 2. The van der Waals surface area contributed by atoms with Crippen LogP contribution in [0.2, 0.25) is 0 Å². The highest BCUT2D eigenvalue weighted by atomic mass is 16.6. The molecule has 0 spiro atoms. The zero-order valence-corrected chi connectivity index (χ0v) is 14.7. The predicted octanol–water partition coefficient (Wildman–Crippen LogP) is 4.25. The Balaban J connectivity index is 1.63. The highest BCUT2D eigenvalue weighted by molar-refractivity contribution is 6.13. The Hall–Kier alpha value is -3.99. The van der Waals surface area contributed by atoms with Crippen molar-refractivity contribution >= 4 is 23.9 Å². The zero-order chi connectivity index (χ0) is 19.3. The Morgan fingerprint density at radius 1 is 0.857 bits per heavy atom. The standard InChI is InChI=1S/C23H15NO4/c25-22(17-11-5-2-6-12-17)27-20-14-8-7-13-18(20)15-19-23(26)28-21(24-19)16-9-3-1-4-10-16/h1-15H/b19-15+. The van der Waals surface area contributed by atoms with E-state index in [1.807, 2.05) is 36.4 Å². The van der Waals surface area contributed by atoms with Crippen molar-refractivity contribution in [2.24, 2.45) is 4.99 Å². The van der Waals surface area contributed by atoms with Gasteiger partial charge in [0.25, 0.3) is 0 Å². The van der Waals surface area contributed by atoms with Crippen LogP contribution >= 0.6 is 0 Å². The molecule has 1 aliphatic heterocycles. The average molecular weight is 369 g/mol. The van der Waals surface area contributed by atoms with Crippen molar-refractivity contribution < 1.29 is 19.1 Å². The molecule has 5 nitrogen and oxygen atoms in total. The van der Waals surface area contributed by atoms with Gasteiger partial charge < -0.3 is 9.47 Å². The second-order valence-electron chi connectivity index (χ2n) is 6.00. The number of esters is 2. The smallest absolute Gasteiger partial charge is 0.363 e. The van der Waals surface area contributed by atoms with Gasteiger partial charge in [0.1, 0.15) is 5.75 Å². The average Bonchev–Trinajstić information content (AvgIpc) is 3.11. The molecule has 3 aromatic carbocycles. The Morgan fingerprint density at radius 2 is 1.50 bits per heavy atom. The van der Waals surface area contributed by atoms with Gasteiger partial charge in [-0.2, -0.15) is 0 Å². The summed E-state index contributed by atoms with van der Waals surface area (Å²) in [5.41, 5.74) is 1.84. The molecule has 0 fully saturated rings. The van der Waals surface area contributed by atoms with Gasteiger partial charge in [0.2, 0.25) is 5.90 Å². The number of ether oxygens (including phenoxy) is 2. The lowest BCUT2D eigenvalue weighted by Gasteiger charge is -2.07. The number of carbonyl (C=O) groups excluding carboxylic acids is 2. The number of aliphatic imine (C=N–C) groups is 1. The maximum absolute atomic E-state index is 12.3. The Labute approximate surface area is 161 Å². The molecule has 0 atom stereocenters. The van der Waals surface area contributed by atoms with Gasteiger partial charge in [-0.25, -0.2) is 14.6 Å². The molecule has 0 radical (unpaired) electrons. The van der Waals surface area contributed by atoms with Gasteiger partial charge in [-0.15, -0.1) is 0 Å². The molecule has 1 heterocycles. The molecule has 0 aliphatic carbocycles. The van der Waals surface area contributed by atoms with Crippen molar-refractivity contribution in [2.45, 2.75) is 0 Å². The SMILES string of the molecule is O=C1OC(c2ccccc2)=N/C1=C/c1ccccc1OC(=O)c1ccccc1. The summed E-state index contributed by atoms with van der Waals surface area (Å²) >= 11 is 0. The number of cyclic esters (lactones) is 1. The summed E-state index contributed by atoms with van der Waals surface area (Å²) in [5, 5.41) is 0. The number of rotatable bonds is 4. The van der Waals surface area contributed by atoms with Crippen molar-refractivity contribution in [3.8, 4) is 5.75 Å². The Bertz CT molecular complexity index is 1090. The minimum absolute atomic E-state index is 0.141. The van der Waals surface area contributed by atoms with Gasteiger partial charge in [-0.1, -0.05) is 54.6 Å². The van der Waals surface area contributed by atoms with Crippen molar-refractivity contribution in [3.63, 3.8) is 0 Å². The summed E-state index contributed by atoms with van der Waals surface area (Å²) in [6.45, 7) is 0. The molecule has 0 bridgehead atoms. The predicted molar refractivity (Wildman–Crippen MR) is 105 cm³/mol. The summed E-state index contributed by atoms with van der Waals surface area (Å²) in [7, 11) is 0. The van der Waals surface area contributed by atoms with Crippen LogP contribution in [-0.2, 0) is 9.53 Å². The molecule has 0 unspecified atom stereocenters. The second-order valence-corrected chi connectivity index (χ2v) is 6.00. The fourth-order valence-corrected chi connectivity index (χ4v) is 2.69. The van der Waals surface area contributed by atoms with Crippen molar-refractivity contribution in [1.82, 2.24) is 0 Å². The van der Waals surface area contributed by atoms with Crippen LogP contribution in [0.3, 0.4) is 0 Å². The van der Waals surface area contributed by atoms with Gasteiger partial charge in [0.05, 0.1) is 5.56 Å². The van der Waals surface area contributed by atoms with Gasteiger partial charge in [-0.05, 0) is 36.4 Å². The monoisotopic (exact) mass is 369 g/mol. The van der Waals surface area contributed by atoms with Crippen molar-refractivity contribution in [2.75, 3.05) is 0 Å². The molecular formula is C23H15NO4. The highest BCUT2D eigenvalue weighted by Crippen LogP contribution is 2.25. The van der Waals surface area contributed by atoms with Crippen LogP contribution in [0.1, 0.15) is 21.5 Å². The summed E-state index contributed by atoms with van der Waals surface area (Å²) in [5.74, 6) is -0.451. The van der Waals surface area contributed by atoms with Gasteiger partial charge >= 0.3 is 11.9 Å². The summed E-state index contributed by atoms with van der Waals surface area (Å²) in [6.07, 6.45) is 1.55. The summed E-state index contributed by atoms with van der Waals surface area (Å²) in [4.78, 5) is 28.8. The van der Waals surface area contributed by atoms with Crippen LogP contribution in [0.15, 0.2) is 95.6 Å². The molecular weight excluding hydrogens is 354 g/mol. The minimum Gasteiger partial charge on any atom is -0.422 e. The molecule has 3 aromatic rings. The molecule has 0 saturated heterocycles. The van der Waals surface area contributed by atoms with Crippen LogP contribution in [-0.4, -0.2) is 17.8 Å². The molecule has 136 valence electrons. The number of hydrogen-bond acceptors (Lipinski definition) is 5. The Kier molecular flexibility index (Phi) is 4.80. The van der Waals surface area contributed by atoms with E-state index in [1.54, 1.807) is 54.6 Å². The van der Waals surface area contributed by atoms with E-state index in [-0.39, 0.29) is 11.6 Å². The first kappa shape index (κ1) is 17.4. The number of benzene rings is 3. The fraction of sp³-hybridized carbons (Fsp3) is 0. The first-order valence-corrected chi connectivity index (χ1v) is 8.65. The van der Waals surface area contributed by atoms with E-state index >= 15 is 0 Å². The van der Waals surface area contributed by atoms with Crippen LogP contribution in [0, 0.1) is 0 Å². The molecule has 4 rings (SSSR count). The third kappa shape index (κ3) is 3.73. The van der Waals surface area contributed by atoms with Crippen LogP contribution < -0.4 is 4.74 Å². The lowest BCUT2D eigenvalue weighted by Crippen LogP contribution is -2.09. The third-order valence-corrected chi connectivity index (χ3v) is 4.06. The van der Waals surface area contributed by atoms with Gasteiger partial charge in [0, 0.05) is 11.1 Å². The summed E-state index contributed by atoms with van der Waals surface area (Å²) < 4.78 is 10.8. The van der Waals surface area contributed by atoms with E-state index in [9.17, 15) is 9.59 Å². The largest absolute Gasteiger partial charge is 0.422 e. The summed E-state index contributed by atoms with van der Waals surface area (Å²) in [6, 6.07) is 24.8. The molecule has 5 heteroatoms. The van der Waals surface area contributed by atoms with Crippen LogP contribution in [0.25, 0.3) is 6.08 Å². The molecule has 0 aromatic heterocycles. The lowest BCUT2D eigenvalue weighted by molar-refractivity contribution is -0.129. The third-order valence-electron chi connectivity index (χ3n) is 4.06. The topological polar surface area (TPSA) is 65.0 Å².